The Morgan fingerprint density at radius 2 is 1.53 bits per heavy atom. The number of rotatable bonds is 8. The maximum atomic E-state index is 10.9. The first-order valence-corrected chi connectivity index (χ1v) is 5.20. The van der Waals surface area contributed by atoms with Crippen LogP contribution in [0.2, 0.25) is 0 Å². The molecule has 0 rings (SSSR count). The monoisotopic (exact) mass is 280 g/mol. The summed E-state index contributed by atoms with van der Waals surface area (Å²) in [5.41, 5.74) is 0. The fraction of sp³-hybridized carbons (Fsp3) is 0.600. The van der Waals surface area contributed by atoms with Crippen LogP contribution in [0.3, 0.4) is 0 Å². The van der Waals surface area contributed by atoms with E-state index < -0.39 is 49.6 Å². The summed E-state index contributed by atoms with van der Waals surface area (Å²) in [5, 5.41) is 53.7. The fourth-order valence-electron chi connectivity index (χ4n) is 1.02. The molecule has 0 aromatic rings. The molecule has 0 unspecified atom stereocenters. The van der Waals surface area contributed by atoms with E-state index in [0.29, 0.717) is 12.2 Å². The largest absolute Gasteiger partial charge is 0.478 e. The average Bonchev–Trinajstić information content (AvgIpc) is 2.39. The first kappa shape index (κ1) is 17.5. The molecule has 0 aliphatic heterocycles. The second-order valence-electron chi connectivity index (χ2n) is 3.60. The number of carbonyl (C=O) groups excluding carboxylic acids is 1. The van der Waals surface area contributed by atoms with Crippen molar-refractivity contribution in [3.63, 3.8) is 0 Å². The molecule has 19 heavy (non-hydrogen) atoms. The summed E-state index contributed by atoms with van der Waals surface area (Å²) in [6, 6.07) is 0. The SMILES string of the molecule is O=C(O)/C=C\C(=O)OC[C@H](O)[C@@H](O)[C@H](O)[C@H](O)CO. The first-order chi connectivity index (χ1) is 8.79. The Morgan fingerprint density at radius 3 is 2.00 bits per heavy atom. The van der Waals surface area contributed by atoms with E-state index in [9.17, 15) is 24.9 Å². The zero-order valence-corrected chi connectivity index (χ0v) is 9.79. The van der Waals surface area contributed by atoms with E-state index in [4.69, 9.17) is 15.3 Å². The molecule has 0 aromatic carbocycles. The highest BCUT2D eigenvalue weighted by atomic mass is 16.5. The van der Waals surface area contributed by atoms with Crippen LogP contribution in [-0.4, -0.2) is 80.2 Å². The van der Waals surface area contributed by atoms with Crippen molar-refractivity contribution in [2.24, 2.45) is 0 Å². The van der Waals surface area contributed by atoms with Crippen LogP contribution in [0.1, 0.15) is 0 Å². The molecule has 4 atom stereocenters. The molecular weight excluding hydrogens is 264 g/mol. The van der Waals surface area contributed by atoms with Crippen LogP contribution in [0.4, 0.5) is 0 Å². The molecule has 0 bridgehead atoms. The van der Waals surface area contributed by atoms with Crippen LogP contribution in [-0.2, 0) is 14.3 Å². The van der Waals surface area contributed by atoms with Gasteiger partial charge in [0, 0.05) is 12.2 Å². The van der Waals surface area contributed by atoms with Gasteiger partial charge in [0.2, 0.25) is 0 Å². The molecule has 0 aromatic heterocycles. The van der Waals surface area contributed by atoms with Crippen LogP contribution in [0, 0.1) is 0 Å². The summed E-state index contributed by atoms with van der Waals surface area (Å²) in [4.78, 5) is 21.0. The predicted molar refractivity (Wildman–Crippen MR) is 58.8 cm³/mol. The molecule has 0 aliphatic rings. The number of carboxylic acids is 1. The maximum Gasteiger partial charge on any atom is 0.331 e. The molecule has 0 aliphatic carbocycles. The quantitative estimate of drug-likeness (QED) is 0.196. The first-order valence-electron chi connectivity index (χ1n) is 5.20. The topological polar surface area (TPSA) is 165 Å². The highest BCUT2D eigenvalue weighted by Crippen LogP contribution is 2.05. The summed E-state index contributed by atoms with van der Waals surface area (Å²) in [6.45, 7) is -1.55. The highest BCUT2D eigenvalue weighted by Gasteiger charge is 2.30. The Kier molecular flexibility index (Phi) is 7.87. The predicted octanol–water partition coefficient (Wildman–Crippen LogP) is -3.39. The number of aliphatic carboxylic acids is 1. The van der Waals surface area contributed by atoms with Crippen molar-refractivity contribution < 1.29 is 45.0 Å². The Hall–Kier alpha value is -1.52. The molecule has 9 heteroatoms. The molecule has 0 radical (unpaired) electrons. The Morgan fingerprint density at radius 1 is 1.00 bits per heavy atom. The molecule has 0 amide bonds. The summed E-state index contributed by atoms with van der Waals surface area (Å²) >= 11 is 0. The Balaban J connectivity index is 4.20. The van der Waals surface area contributed by atoms with Crippen molar-refractivity contribution in [2.75, 3.05) is 13.2 Å². The molecule has 9 nitrogen and oxygen atoms in total. The zero-order valence-electron chi connectivity index (χ0n) is 9.79. The number of hydrogen-bond donors (Lipinski definition) is 6. The third kappa shape index (κ3) is 6.84. The minimum atomic E-state index is -1.85. The van der Waals surface area contributed by atoms with Crippen LogP contribution < -0.4 is 0 Å². The second-order valence-corrected chi connectivity index (χ2v) is 3.60. The molecular formula is C10H16O9. The van der Waals surface area contributed by atoms with E-state index in [2.05, 4.69) is 4.74 Å². The van der Waals surface area contributed by atoms with Crippen LogP contribution in [0.25, 0.3) is 0 Å². The van der Waals surface area contributed by atoms with Gasteiger partial charge in [-0.25, -0.2) is 9.59 Å². The number of aliphatic hydroxyl groups excluding tert-OH is 5. The van der Waals surface area contributed by atoms with Gasteiger partial charge in [-0.15, -0.1) is 0 Å². The molecule has 110 valence electrons. The number of esters is 1. The number of ether oxygens (including phenoxy) is 1. The maximum absolute atomic E-state index is 10.9. The van der Waals surface area contributed by atoms with Crippen LogP contribution >= 0.6 is 0 Å². The van der Waals surface area contributed by atoms with E-state index in [1.807, 2.05) is 0 Å². The lowest BCUT2D eigenvalue weighted by atomic mass is 10.0. The van der Waals surface area contributed by atoms with Crippen molar-refractivity contribution in [3.8, 4) is 0 Å². The van der Waals surface area contributed by atoms with Gasteiger partial charge in [0.1, 0.15) is 31.0 Å². The van der Waals surface area contributed by atoms with Gasteiger partial charge in [-0.05, 0) is 0 Å². The van der Waals surface area contributed by atoms with E-state index in [1.165, 1.54) is 0 Å². The van der Waals surface area contributed by atoms with E-state index in [-0.39, 0.29) is 0 Å². The summed E-state index contributed by atoms with van der Waals surface area (Å²) in [5.74, 6) is -2.43. The third-order valence-corrected chi connectivity index (χ3v) is 2.08. The fourth-order valence-corrected chi connectivity index (χ4v) is 1.02. The molecule has 0 saturated carbocycles. The van der Waals surface area contributed by atoms with Crippen molar-refractivity contribution in [3.05, 3.63) is 12.2 Å². The van der Waals surface area contributed by atoms with Crippen LogP contribution in [0.5, 0.6) is 0 Å². The van der Waals surface area contributed by atoms with Gasteiger partial charge in [0.15, 0.2) is 0 Å². The Bertz CT molecular complexity index is 327. The van der Waals surface area contributed by atoms with Gasteiger partial charge in [-0.1, -0.05) is 0 Å². The standard InChI is InChI=1S/C10H16O9/c11-3-5(12)9(17)10(18)6(13)4-19-8(16)2-1-7(14)15/h1-2,5-6,9-13,17-18H,3-4H2,(H,14,15)/b2-1-/t5-,6+,9-,10-/m1/s1. The lowest BCUT2D eigenvalue weighted by molar-refractivity contribution is -0.151. The molecule has 6 N–H and O–H groups in total. The van der Waals surface area contributed by atoms with Crippen molar-refractivity contribution in [1.82, 2.24) is 0 Å². The van der Waals surface area contributed by atoms with Crippen molar-refractivity contribution >= 4 is 11.9 Å². The number of carbonyl (C=O) groups is 2. The van der Waals surface area contributed by atoms with Gasteiger partial charge in [0.25, 0.3) is 0 Å². The van der Waals surface area contributed by atoms with Crippen molar-refractivity contribution in [2.45, 2.75) is 24.4 Å². The summed E-state index contributed by atoms with van der Waals surface area (Å²) < 4.78 is 4.38. The second kappa shape index (κ2) is 8.56. The normalized spacial score (nSPS) is 17.7. The molecule has 0 saturated heterocycles. The Labute approximate surface area is 108 Å². The number of carboxylic acid groups (broad SMARTS) is 1. The third-order valence-electron chi connectivity index (χ3n) is 2.08. The average molecular weight is 280 g/mol. The van der Waals surface area contributed by atoms with E-state index in [1.54, 1.807) is 0 Å². The van der Waals surface area contributed by atoms with Gasteiger partial charge in [0.05, 0.1) is 6.61 Å². The molecule has 0 heterocycles. The smallest absolute Gasteiger partial charge is 0.331 e. The van der Waals surface area contributed by atoms with Crippen molar-refractivity contribution in [1.29, 1.82) is 0 Å². The molecule has 0 spiro atoms. The van der Waals surface area contributed by atoms with Gasteiger partial charge >= 0.3 is 11.9 Å². The molecule has 0 fully saturated rings. The van der Waals surface area contributed by atoms with Gasteiger partial charge in [-0.3, -0.25) is 0 Å². The minimum absolute atomic E-state index is 0.523. The highest BCUT2D eigenvalue weighted by molar-refractivity contribution is 5.90. The van der Waals surface area contributed by atoms with E-state index in [0.717, 1.165) is 0 Å². The van der Waals surface area contributed by atoms with E-state index >= 15 is 0 Å². The lowest BCUT2D eigenvalue weighted by Gasteiger charge is -2.25. The zero-order chi connectivity index (χ0) is 15.0. The summed E-state index contributed by atoms with van der Waals surface area (Å²) in [6.07, 6.45) is -5.92. The summed E-state index contributed by atoms with van der Waals surface area (Å²) in [7, 11) is 0. The van der Waals surface area contributed by atoms with Crippen LogP contribution in [0.15, 0.2) is 12.2 Å². The van der Waals surface area contributed by atoms with Gasteiger partial charge < -0.3 is 35.4 Å². The minimum Gasteiger partial charge on any atom is -0.478 e. The lowest BCUT2D eigenvalue weighted by Crippen LogP contribution is -2.47. The van der Waals surface area contributed by atoms with Gasteiger partial charge in [-0.2, -0.15) is 0 Å². The number of hydrogen-bond acceptors (Lipinski definition) is 8. The number of aliphatic hydroxyl groups is 5.